The van der Waals surface area contributed by atoms with E-state index < -0.39 is 22.0 Å². The molecule has 1 heterocycles. The Morgan fingerprint density at radius 2 is 2.10 bits per heavy atom. The minimum Gasteiger partial charge on any atom is -0.870 e. The molecule has 0 amide bonds. The summed E-state index contributed by atoms with van der Waals surface area (Å²) < 4.78 is 26.5. The largest absolute Gasteiger partial charge is 0.870 e. The molecule has 1 saturated heterocycles. The fourth-order valence-electron chi connectivity index (χ4n) is 2.25. The first-order valence-electron chi connectivity index (χ1n) is 6.09. The molecule has 1 aromatic carbocycles. The molecule has 0 saturated carbocycles. The first-order valence-corrected chi connectivity index (χ1v) is 7.53. The Bertz CT molecular complexity index is 657. The van der Waals surface area contributed by atoms with Gasteiger partial charge >= 0.3 is 5.97 Å². The van der Waals surface area contributed by atoms with Gasteiger partial charge in [0, 0.05) is 28.3 Å². The van der Waals surface area contributed by atoms with E-state index in [0.29, 0.717) is 17.6 Å². The Morgan fingerprint density at radius 3 is 2.67 bits per heavy atom. The molecule has 9 heteroatoms. The van der Waals surface area contributed by atoms with Crippen LogP contribution in [0, 0.1) is 4.91 Å². The third-order valence-corrected chi connectivity index (χ3v) is 5.18. The van der Waals surface area contributed by atoms with E-state index in [1.807, 2.05) is 0 Å². The van der Waals surface area contributed by atoms with Crippen LogP contribution in [0.15, 0.2) is 29.2 Å². The summed E-state index contributed by atoms with van der Waals surface area (Å²) in [6.07, 6.45) is 0.813. The minimum atomic E-state index is -3.90. The second kappa shape index (κ2) is 6.29. The number of nitrogens with zero attached hydrogens (tertiary/aromatic N) is 2. The van der Waals surface area contributed by atoms with Crippen molar-refractivity contribution in [2.75, 3.05) is 13.6 Å². The maximum absolute atomic E-state index is 12.5. The van der Waals surface area contributed by atoms with Crippen LogP contribution >= 0.6 is 0 Å². The molecule has 0 spiro atoms. The molecule has 116 valence electrons. The first-order chi connectivity index (χ1) is 9.34. The van der Waals surface area contributed by atoms with Crippen LogP contribution in [-0.2, 0) is 14.8 Å². The van der Waals surface area contributed by atoms with E-state index in [9.17, 15) is 18.1 Å². The second-order valence-electron chi connectivity index (χ2n) is 4.61. The number of carboxylic acids is 1. The highest BCUT2D eigenvalue weighted by Crippen LogP contribution is 2.27. The zero-order valence-electron chi connectivity index (χ0n) is 11.3. The van der Waals surface area contributed by atoms with Gasteiger partial charge in [0.25, 0.3) is 5.69 Å². The van der Waals surface area contributed by atoms with Gasteiger partial charge in [-0.15, -0.1) is 0 Å². The Balaban J connectivity index is 0.00000220. The van der Waals surface area contributed by atoms with Gasteiger partial charge in [0.1, 0.15) is 6.04 Å². The predicted molar refractivity (Wildman–Crippen MR) is 72.1 cm³/mol. The molecule has 2 N–H and O–H groups in total. The van der Waals surface area contributed by atoms with Gasteiger partial charge < -0.3 is 10.6 Å². The number of nitroso groups, excluding NO2 is 1. The molecule has 0 radical (unpaired) electrons. The molecular formula is C12H16N2O6S. The van der Waals surface area contributed by atoms with Gasteiger partial charge in [-0.1, -0.05) is 6.07 Å². The second-order valence-corrected chi connectivity index (χ2v) is 6.50. The van der Waals surface area contributed by atoms with Crippen molar-refractivity contribution in [1.29, 1.82) is 0 Å². The smallest absolute Gasteiger partial charge is 0.322 e. The number of hydrogen-bond acceptors (Lipinski definition) is 5. The van der Waals surface area contributed by atoms with Crippen molar-refractivity contribution >= 4 is 21.7 Å². The van der Waals surface area contributed by atoms with Gasteiger partial charge in [-0.2, -0.15) is 4.31 Å². The van der Waals surface area contributed by atoms with Crippen LogP contribution in [0.2, 0.25) is 0 Å². The molecule has 1 aliphatic heterocycles. The Kier molecular flexibility index (Phi) is 5.15. The Morgan fingerprint density at radius 1 is 1.43 bits per heavy atom. The monoisotopic (exact) mass is 316 g/mol. The number of aliphatic carboxylic acids is 1. The summed E-state index contributed by atoms with van der Waals surface area (Å²) in [7, 11) is -2.64. The Labute approximate surface area is 121 Å². The lowest BCUT2D eigenvalue weighted by Gasteiger charge is -2.20. The van der Waals surface area contributed by atoms with Gasteiger partial charge in [-0.3, -0.25) is 4.79 Å². The summed E-state index contributed by atoms with van der Waals surface area (Å²) in [5, 5.41) is 9.07. The van der Waals surface area contributed by atoms with E-state index in [-0.39, 0.29) is 22.6 Å². The lowest BCUT2D eigenvalue weighted by atomic mass is 10.2. The SMILES string of the molecule is C[N+](=O)c1cccc(S(=O)(=O)N2CCCC2C(=O)O)c1.[OH-]. The van der Waals surface area contributed by atoms with Crippen LogP contribution in [0.1, 0.15) is 12.8 Å². The van der Waals surface area contributed by atoms with Crippen molar-refractivity contribution < 1.29 is 28.6 Å². The van der Waals surface area contributed by atoms with Crippen molar-refractivity contribution in [2.45, 2.75) is 23.8 Å². The summed E-state index contributed by atoms with van der Waals surface area (Å²) in [6.45, 7) is 0.177. The molecule has 0 bridgehead atoms. The summed E-state index contributed by atoms with van der Waals surface area (Å²) in [5.74, 6) is -1.15. The third kappa shape index (κ3) is 3.26. The van der Waals surface area contributed by atoms with Crippen molar-refractivity contribution in [3.8, 4) is 0 Å². The van der Waals surface area contributed by atoms with Gasteiger partial charge in [0.2, 0.25) is 10.0 Å². The summed E-state index contributed by atoms with van der Waals surface area (Å²) in [6, 6.07) is 4.53. The fraction of sp³-hybridized carbons (Fsp3) is 0.417. The fourth-order valence-corrected chi connectivity index (χ4v) is 3.94. The lowest BCUT2D eigenvalue weighted by molar-refractivity contribution is -0.428. The molecule has 0 aliphatic carbocycles. The average Bonchev–Trinajstić information content (AvgIpc) is 2.89. The van der Waals surface area contributed by atoms with Crippen LogP contribution in [-0.4, -0.2) is 53.7 Å². The summed E-state index contributed by atoms with van der Waals surface area (Å²) in [4.78, 5) is 22.3. The van der Waals surface area contributed by atoms with Gasteiger partial charge in [-0.05, 0) is 18.9 Å². The number of carboxylic acid groups (broad SMARTS) is 1. The summed E-state index contributed by atoms with van der Waals surface area (Å²) in [5.41, 5.74) is 0.206. The average molecular weight is 316 g/mol. The maximum atomic E-state index is 12.5. The van der Waals surface area contributed by atoms with E-state index in [1.165, 1.54) is 31.3 Å². The highest BCUT2D eigenvalue weighted by Gasteiger charge is 2.39. The zero-order valence-corrected chi connectivity index (χ0v) is 12.2. The van der Waals surface area contributed by atoms with E-state index in [4.69, 9.17) is 5.11 Å². The van der Waals surface area contributed by atoms with E-state index in [2.05, 4.69) is 0 Å². The number of sulfonamides is 1. The standard InChI is InChI=1S/C12H14N2O5S.H2O/c1-13(17)9-4-2-5-10(8-9)20(18,19)14-7-3-6-11(14)12(15)16;/h2,4-5,8,11H,3,6-7H2,1H3;1H2. The number of rotatable bonds is 4. The number of carbonyl (C=O) groups is 1. The molecule has 8 nitrogen and oxygen atoms in total. The van der Waals surface area contributed by atoms with Gasteiger partial charge in [-0.25, -0.2) is 8.42 Å². The molecule has 1 aliphatic rings. The zero-order chi connectivity index (χ0) is 14.9. The quantitative estimate of drug-likeness (QED) is 0.819. The summed E-state index contributed by atoms with van der Waals surface area (Å²) >= 11 is 0. The van der Waals surface area contributed by atoms with Crippen molar-refractivity contribution in [3.05, 3.63) is 29.2 Å². The molecule has 1 aromatic rings. The molecule has 1 unspecified atom stereocenters. The van der Waals surface area contributed by atoms with Gasteiger partial charge in [0.15, 0.2) is 7.05 Å². The number of hydrogen-bond donors (Lipinski definition) is 1. The molecule has 1 atom stereocenters. The lowest BCUT2D eigenvalue weighted by Crippen LogP contribution is -2.40. The number of benzene rings is 1. The van der Waals surface area contributed by atoms with Crippen LogP contribution < -0.4 is 0 Å². The molecule has 2 rings (SSSR count). The van der Waals surface area contributed by atoms with Crippen molar-refractivity contribution in [3.63, 3.8) is 0 Å². The van der Waals surface area contributed by atoms with Gasteiger partial charge in [0.05, 0.1) is 4.90 Å². The van der Waals surface area contributed by atoms with Crippen molar-refractivity contribution in [1.82, 2.24) is 4.31 Å². The van der Waals surface area contributed by atoms with E-state index >= 15 is 0 Å². The Hall–Kier alpha value is -1.84. The first kappa shape index (κ1) is 17.2. The van der Waals surface area contributed by atoms with Crippen LogP contribution in [0.25, 0.3) is 0 Å². The highest BCUT2D eigenvalue weighted by atomic mass is 32.2. The van der Waals surface area contributed by atoms with Crippen LogP contribution in [0.3, 0.4) is 0 Å². The third-order valence-electron chi connectivity index (χ3n) is 3.28. The molecule has 0 aromatic heterocycles. The van der Waals surface area contributed by atoms with Crippen LogP contribution in [0.4, 0.5) is 5.69 Å². The molecular weight excluding hydrogens is 300 g/mol. The van der Waals surface area contributed by atoms with Crippen molar-refractivity contribution in [2.24, 2.45) is 0 Å². The maximum Gasteiger partial charge on any atom is 0.322 e. The normalized spacial score (nSPS) is 19.0. The van der Waals surface area contributed by atoms with E-state index in [1.54, 1.807) is 0 Å². The molecule has 21 heavy (non-hydrogen) atoms. The molecule has 1 fully saturated rings. The topological polar surface area (TPSA) is 125 Å². The predicted octanol–water partition coefficient (Wildman–Crippen LogP) is 0.788. The minimum absolute atomic E-state index is 0. The van der Waals surface area contributed by atoms with E-state index in [0.717, 1.165) is 4.31 Å². The highest BCUT2D eigenvalue weighted by molar-refractivity contribution is 7.89. The van der Waals surface area contributed by atoms with Crippen LogP contribution in [0.5, 0.6) is 0 Å².